The number of benzene rings is 1. The summed E-state index contributed by atoms with van der Waals surface area (Å²) in [4.78, 5) is 33.0. The van der Waals surface area contributed by atoms with Crippen molar-refractivity contribution in [2.45, 2.75) is 38.3 Å². The van der Waals surface area contributed by atoms with E-state index < -0.39 is 18.9 Å². The van der Waals surface area contributed by atoms with Crippen molar-refractivity contribution in [2.24, 2.45) is 0 Å². The minimum absolute atomic E-state index is 0.108. The molecule has 170 valence electrons. The van der Waals surface area contributed by atoms with Crippen LogP contribution in [0.15, 0.2) is 24.3 Å². The van der Waals surface area contributed by atoms with E-state index in [0.717, 1.165) is 42.3 Å². The van der Waals surface area contributed by atoms with Crippen molar-refractivity contribution in [3.05, 3.63) is 34.7 Å². The van der Waals surface area contributed by atoms with E-state index >= 15 is 0 Å². The maximum atomic E-state index is 12.5. The predicted octanol–water partition coefficient (Wildman–Crippen LogP) is 4.79. The summed E-state index contributed by atoms with van der Waals surface area (Å²) < 4.78 is 40.3. The number of alkyl halides is 3. The lowest BCUT2D eigenvalue weighted by Crippen LogP contribution is -2.31. The van der Waals surface area contributed by atoms with Gasteiger partial charge in [0.2, 0.25) is 5.91 Å². The van der Waals surface area contributed by atoms with Gasteiger partial charge < -0.3 is 20.4 Å². The lowest BCUT2D eigenvalue weighted by molar-refractivity contribution is -0.160. The summed E-state index contributed by atoms with van der Waals surface area (Å²) in [6.45, 7) is -1.82. The summed E-state index contributed by atoms with van der Waals surface area (Å²) in [6, 6.07) is 7.68. The van der Waals surface area contributed by atoms with Crippen LogP contribution in [0.5, 0.6) is 0 Å². The number of nitrogens with zero attached hydrogens (tertiary/aromatic N) is 1. The third-order valence-electron chi connectivity index (χ3n) is 5.04. The average Bonchev–Trinajstić information content (AvgIpc) is 3.32. The average molecular weight is 466 g/mol. The van der Waals surface area contributed by atoms with Gasteiger partial charge in [-0.1, -0.05) is 12.1 Å². The van der Waals surface area contributed by atoms with Crippen molar-refractivity contribution in [2.75, 3.05) is 18.5 Å². The van der Waals surface area contributed by atoms with E-state index in [1.54, 1.807) is 0 Å². The van der Waals surface area contributed by atoms with Gasteiger partial charge in [0.05, 0.1) is 16.6 Å². The molecule has 11 heteroatoms. The summed E-state index contributed by atoms with van der Waals surface area (Å²) in [5, 5.41) is 5.72. The zero-order chi connectivity index (χ0) is 22.7. The number of amides is 2. The lowest BCUT2D eigenvalue weighted by atomic mass is 9.95. The Kier molecular flexibility index (Phi) is 6.35. The number of para-hydroxylation sites is 2. The van der Waals surface area contributed by atoms with Crippen molar-refractivity contribution < 1.29 is 27.5 Å². The predicted molar refractivity (Wildman–Crippen MR) is 115 cm³/mol. The van der Waals surface area contributed by atoms with Crippen LogP contribution in [0.4, 0.5) is 23.0 Å². The van der Waals surface area contributed by atoms with Crippen molar-refractivity contribution in [1.82, 2.24) is 15.3 Å². The maximum absolute atomic E-state index is 12.5. The Morgan fingerprint density at radius 2 is 1.97 bits per heavy atom. The van der Waals surface area contributed by atoms with E-state index in [2.05, 4.69) is 20.4 Å². The molecule has 0 aliphatic heterocycles. The number of carbonyl (C=O) groups excluding carboxylic acids is 2. The maximum Gasteiger partial charge on any atom is 0.422 e. The second kappa shape index (κ2) is 9.19. The number of halogens is 3. The third kappa shape index (κ3) is 5.21. The number of aromatic amines is 1. The number of alkyl carbamates (subject to hydrolysis) is 1. The zero-order valence-corrected chi connectivity index (χ0v) is 17.8. The van der Waals surface area contributed by atoms with E-state index in [9.17, 15) is 22.8 Å². The fraction of sp³-hybridized carbons (Fsp3) is 0.381. The van der Waals surface area contributed by atoms with Crippen molar-refractivity contribution in [1.29, 1.82) is 0 Å². The van der Waals surface area contributed by atoms with E-state index in [0.29, 0.717) is 10.8 Å². The molecule has 0 radical (unpaired) electrons. The largest absolute Gasteiger partial charge is 0.440 e. The Morgan fingerprint density at radius 3 is 2.75 bits per heavy atom. The number of hydrogen-bond acceptors (Lipinski definition) is 5. The molecule has 1 aliphatic carbocycles. The van der Waals surface area contributed by atoms with Crippen LogP contribution in [0, 0.1) is 0 Å². The molecule has 0 bridgehead atoms. The number of aromatic nitrogens is 2. The van der Waals surface area contributed by atoms with Gasteiger partial charge >= 0.3 is 12.3 Å². The summed E-state index contributed by atoms with van der Waals surface area (Å²) in [7, 11) is 0. The molecule has 7 nitrogen and oxygen atoms in total. The Hall–Kier alpha value is -3.08. The van der Waals surface area contributed by atoms with Gasteiger partial charge in [0, 0.05) is 17.8 Å². The molecular formula is C21H21F3N4O3S. The Morgan fingerprint density at radius 1 is 1.19 bits per heavy atom. The number of carbonyl (C=O) groups is 2. The highest BCUT2D eigenvalue weighted by Gasteiger charge is 2.29. The molecule has 2 heterocycles. The van der Waals surface area contributed by atoms with Crippen LogP contribution in [0.1, 0.15) is 29.7 Å². The Balaban J connectivity index is 1.45. The first-order chi connectivity index (χ1) is 15.3. The van der Waals surface area contributed by atoms with E-state index in [-0.39, 0.29) is 18.9 Å². The highest BCUT2D eigenvalue weighted by atomic mass is 32.1. The summed E-state index contributed by atoms with van der Waals surface area (Å²) >= 11 is 1.52. The van der Waals surface area contributed by atoms with Gasteiger partial charge in [-0.3, -0.25) is 4.79 Å². The number of anilines is 1. The molecule has 0 saturated heterocycles. The van der Waals surface area contributed by atoms with Gasteiger partial charge in [0.25, 0.3) is 0 Å². The fourth-order valence-electron chi connectivity index (χ4n) is 3.64. The number of ether oxygens (including phenoxy) is 1. The molecule has 0 atom stereocenters. The third-order valence-corrected chi connectivity index (χ3v) is 6.25. The molecule has 2 amide bonds. The molecule has 4 rings (SSSR count). The number of rotatable bonds is 6. The number of fused-ring (bicyclic) bond motifs is 2. The van der Waals surface area contributed by atoms with Crippen LogP contribution in [-0.2, 0) is 22.4 Å². The fourth-order valence-corrected chi connectivity index (χ4v) is 4.95. The standard InChI is InChI=1S/C21H21F3N4O3S/c22-21(23,24)11-31-20(30)25-10-9-16(29)28-19-17(12-5-1-4-8-15(12)32-19)18-26-13-6-2-3-7-14(13)27-18/h2-3,6-7H,1,4-5,8-11H2,(H,25,30)(H,26,27)(H,28,29). The number of nitrogens with one attached hydrogen (secondary N) is 3. The molecule has 1 aliphatic rings. The first kappa shape index (κ1) is 22.1. The van der Waals surface area contributed by atoms with E-state index in [4.69, 9.17) is 4.98 Å². The topological polar surface area (TPSA) is 96.1 Å². The Labute approximate surface area is 185 Å². The minimum atomic E-state index is -4.60. The molecule has 3 aromatic rings. The minimum Gasteiger partial charge on any atom is -0.440 e. The van der Waals surface area contributed by atoms with Gasteiger partial charge in [-0.15, -0.1) is 11.3 Å². The van der Waals surface area contributed by atoms with Crippen molar-refractivity contribution in [3.63, 3.8) is 0 Å². The molecule has 1 aromatic carbocycles. The highest BCUT2D eigenvalue weighted by molar-refractivity contribution is 7.17. The SMILES string of the molecule is O=C(CCNC(=O)OCC(F)(F)F)Nc1sc2c(c1-c1nc3ccccc3[nH]1)CCCC2. The smallest absolute Gasteiger partial charge is 0.422 e. The second-order valence-corrected chi connectivity index (χ2v) is 8.54. The molecule has 3 N–H and O–H groups in total. The zero-order valence-electron chi connectivity index (χ0n) is 17.0. The molecule has 0 spiro atoms. The molecular weight excluding hydrogens is 445 g/mol. The van der Waals surface area contributed by atoms with Crippen LogP contribution in [-0.4, -0.2) is 41.3 Å². The quantitative estimate of drug-likeness (QED) is 0.487. The van der Waals surface area contributed by atoms with Crippen LogP contribution >= 0.6 is 11.3 Å². The number of H-pyrrole nitrogens is 1. The number of hydrogen-bond donors (Lipinski definition) is 3. The van der Waals surface area contributed by atoms with Crippen LogP contribution in [0.25, 0.3) is 22.4 Å². The van der Waals surface area contributed by atoms with Gasteiger partial charge in [-0.2, -0.15) is 13.2 Å². The summed E-state index contributed by atoms with van der Waals surface area (Å²) in [6.07, 6.45) is -1.93. The molecule has 0 unspecified atom stereocenters. The highest BCUT2D eigenvalue weighted by Crippen LogP contribution is 2.43. The number of imidazole rings is 1. The first-order valence-corrected chi connectivity index (χ1v) is 11.0. The van der Waals surface area contributed by atoms with Crippen LogP contribution in [0.2, 0.25) is 0 Å². The number of aryl methyl sites for hydroxylation is 1. The van der Waals surface area contributed by atoms with Gasteiger partial charge in [0.15, 0.2) is 6.61 Å². The molecule has 32 heavy (non-hydrogen) atoms. The molecule has 2 aromatic heterocycles. The van der Waals surface area contributed by atoms with Crippen LogP contribution in [0.3, 0.4) is 0 Å². The monoisotopic (exact) mass is 466 g/mol. The lowest BCUT2D eigenvalue weighted by Gasteiger charge is -2.12. The summed E-state index contributed by atoms with van der Waals surface area (Å²) in [5.41, 5.74) is 3.80. The molecule has 0 fully saturated rings. The first-order valence-electron chi connectivity index (χ1n) is 10.2. The van der Waals surface area contributed by atoms with Gasteiger partial charge in [-0.25, -0.2) is 9.78 Å². The van der Waals surface area contributed by atoms with Crippen LogP contribution < -0.4 is 10.6 Å². The van der Waals surface area contributed by atoms with E-state index in [1.807, 2.05) is 24.3 Å². The van der Waals surface area contributed by atoms with Crippen molar-refractivity contribution in [3.8, 4) is 11.4 Å². The normalized spacial score (nSPS) is 13.6. The number of thiophene rings is 1. The van der Waals surface area contributed by atoms with Gasteiger partial charge in [-0.05, 0) is 43.4 Å². The Bertz CT molecular complexity index is 1110. The van der Waals surface area contributed by atoms with Gasteiger partial charge in [0.1, 0.15) is 10.8 Å². The second-order valence-electron chi connectivity index (χ2n) is 7.43. The van der Waals surface area contributed by atoms with Crippen molar-refractivity contribution >= 4 is 39.4 Å². The summed E-state index contributed by atoms with van der Waals surface area (Å²) in [5.74, 6) is 0.326. The molecule has 0 saturated carbocycles. The van der Waals surface area contributed by atoms with E-state index in [1.165, 1.54) is 21.8 Å².